The number of hydrogen-bond acceptors (Lipinski definition) is 6. The van der Waals surface area contributed by atoms with Crippen LogP contribution in [0.15, 0.2) is 29.2 Å². The van der Waals surface area contributed by atoms with Crippen molar-refractivity contribution in [2.45, 2.75) is 13.5 Å². The molecule has 0 atom stereocenters. The van der Waals surface area contributed by atoms with Gasteiger partial charge in [0.15, 0.2) is 17.4 Å². The fourth-order valence-electron chi connectivity index (χ4n) is 1.23. The van der Waals surface area contributed by atoms with Crippen LogP contribution in [0.1, 0.15) is 12.7 Å². The van der Waals surface area contributed by atoms with Crippen LogP contribution in [0.4, 0.5) is 5.82 Å². The van der Waals surface area contributed by atoms with Gasteiger partial charge in [0.25, 0.3) is 0 Å². The van der Waals surface area contributed by atoms with E-state index in [4.69, 9.17) is 4.74 Å². The second-order valence-corrected chi connectivity index (χ2v) is 2.98. The predicted octanol–water partition coefficient (Wildman–Crippen LogP) is 1.48. The Hall–Kier alpha value is -2.11. The first kappa shape index (κ1) is 10.4. The van der Waals surface area contributed by atoms with E-state index in [1.54, 1.807) is 6.20 Å². The van der Waals surface area contributed by atoms with Gasteiger partial charge in [-0.05, 0) is 19.1 Å². The van der Waals surface area contributed by atoms with Crippen LogP contribution in [0, 0.1) is 0 Å². The van der Waals surface area contributed by atoms with Gasteiger partial charge in [-0.2, -0.15) is 4.98 Å². The second-order valence-electron chi connectivity index (χ2n) is 2.98. The van der Waals surface area contributed by atoms with Crippen LogP contribution in [-0.2, 0) is 6.54 Å². The van der Waals surface area contributed by atoms with Crippen LogP contribution in [-0.4, -0.2) is 21.7 Å². The zero-order chi connectivity index (χ0) is 11.2. The molecule has 0 saturated heterocycles. The summed E-state index contributed by atoms with van der Waals surface area (Å²) in [5.41, 5.74) is 0. The van der Waals surface area contributed by atoms with Crippen LogP contribution in [0.3, 0.4) is 0 Å². The predicted molar refractivity (Wildman–Crippen MR) is 57.0 cm³/mol. The minimum absolute atomic E-state index is 0.452. The van der Waals surface area contributed by atoms with E-state index in [1.165, 1.54) is 6.39 Å². The number of hydrogen-bond donors (Lipinski definition) is 1. The smallest absolute Gasteiger partial charge is 0.213 e. The van der Waals surface area contributed by atoms with Gasteiger partial charge in [0.2, 0.25) is 6.39 Å². The molecule has 2 heterocycles. The van der Waals surface area contributed by atoms with Gasteiger partial charge in [0, 0.05) is 6.20 Å². The summed E-state index contributed by atoms with van der Waals surface area (Å²) in [4.78, 5) is 8.07. The lowest BCUT2D eigenvalue weighted by molar-refractivity contribution is 0.340. The van der Waals surface area contributed by atoms with Gasteiger partial charge < -0.3 is 14.6 Å². The van der Waals surface area contributed by atoms with E-state index in [-0.39, 0.29) is 0 Å². The molecule has 2 aromatic heterocycles. The van der Waals surface area contributed by atoms with Crippen molar-refractivity contribution in [3.63, 3.8) is 0 Å². The molecule has 2 aromatic rings. The molecule has 84 valence electrons. The van der Waals surface area contributed by atoms with Gasteiger partial charge in [0.1, 0.15) is 0 Å². The van der Waals surface area contributed by atoms with Gasteiger partial charge in [0.05, 0.1) is 13.2 Å². The Kier molecular flexibility index (Phi) is 3.32. The van der Waals surface area contributed by atoms with E-state index in [0.717, 1.165) is 0 Å². The summed E-state index contributed by atoms with van der Waals surface area (Å²) >= 11 is 0. The molecule has 1 N–H and O–H groups in total. The zero-order valence-corrected chi connectivity index (χ0v) is 8.88. The van der Waals surface area contributed by atoms with E-state index < -0.39 is 0 Å². The van der Waals surface area contributed by atoms with Crippen molar-refractivity contribution in [3.8, 4) is 5.75 Å². The summed E-state index contributed by atoms with van der Waals surface area (Å²) in [7, 11) is 0. The first-order valence-electron chi connectivity index (χ1n) is 4.97. The Balaban J connectivity index is 2.03. The Bertz CT molecular complexity index is 430. The summed E-state index contributed by atoms with van der Waals surface area (Å²) in [5, 5.41) is 6.77. The fraction of sp³-hybridized carbons (Fsp3) is 0.300. The number of rotatable bonds is 5. The van der Waals surface area contributed by atoms with Crippen molar-refractivity contribution < 1.29 is 9.26 Å². The van der Waals surface area contributed by atoms with E-state index >= 15 is 0 Å². The molecule has 0 amide bonds. The van der Waals surface area contributed by atoms with E-state index in [0.29, 0.717) is 30.5 Å². The molecule has 0 aliphatic rings. The second kappa shape index (κ2) is 5.11. The SMILES string of the molecule is CCOc1cccnc1NCc1ncon1. The highest BCUT2D eigenvalue weighted by Crippen LogP contribution is 2.20. The quantitative estimate of drug-likeness (QED) is 0.822. The number of nitrogens with one attached hydrogen (secondary N) is 1. The number of nitrogens with zero attached hydrogens (tertiary/aromatic N) is 3. The Labute approximate surface area is 92.7 Å². The van der Waals surface area contributed by atoms with Crippen molar-refractivity contribution >= 4 is 5.82 Å². The topological polar surface area (TPSA) is 73.1 Å². The Morgan fingerprint density at radius 1 is 1.44 bits per heavy atom. The van der Waals surface area contributed by atoms with Crippen molar-refractivity contribution in [1.29, 1.82) is 0 Å². The molecule has 16 heavy (non-hydrogen) atoms. The molecule has 0 radical (unpaired) electrons. The van der Waals surface area contributed by atoms with Gasteiger partial charge >= 0.3 is 0 Å². The van der Waals surface area contributed by atoms with Crippen LogP contribution in [0.25, 0.3) is 0 Å². The molecule has 2 rings (SSSR count). The molecular weight excluding hydrogens is 208 g/mol. The molecule has 0 saturated carbocycles. The molecule has 0 bridgehead atoms. The van der Waals surface area contributed by atoms with Crippen LogP contribution in [0.5, 0.6) is 5.75 Å². The molecule has 6 nitrogen and oxygen atoms in total. The molecule has 6 heteroatoms. The Morgan fingerprint density at radius 3 is 3.12 bits per heavy atom. The van der Waals surface area contributed by atoms with Gasteiger partial charge in [-0.25, -0.2) is 4.98 Å². The average molecular weight is 220 g/mol. The largest absolute Gasteiger partial charge is 0.490 e. The first-order valence-corrected chi connectivity index (χ1v) is 4.97. The summed E-state index contributed by atoms with van der Waals surface area (Å²) in [6.07, 6.45) is 2.99. The van der Waals surface area contributed by atoms with Crippen molar-refractivity contribution in [2.75, 3.05) is 11.9 Å². The van der Waals surface area contributed by atoms with Crippen LogP contribution < -0.4 is 10.1 Å². The van der Waals surface area contributed by atoms with E-state index in [2.05, 4.69) is 25.0 Å². The van der Waals surface area contributed by atoms with E-state index in [9.17, 15) is 0 Å². The first-order chi connectivity index (χ1) is 7.90. The van der Waals surface area contributed by atoms with Gasteiger partial charge in [-0.3, -0.25) is 0 Å². The summed E-state index contributed by atoms with van der Waals surface area (Å²) in [5.74, 6) is 1.97. The zero-order valence-electron chi connectivity index (χ0n) is 8.88. The van der Waals surface area contributed by atoms with Crippen molar-refractivity contribution in [3.05, 3.63) is 30.5 Å². The minimum Gasteiger partial charge on any atom is -0.490 e. The molecule has 0 unspecified atom stereocenters. The number of anilines is 1. The normalized spacial score (nSPS) is 10.1. The maximum absolute atomic E-state index is 5.42. The maximum Gasteiger partial charge on any atom is 0.213 e. The molecular formula is C10H12N4O2. The number of ether oxygens (including phenoxy) is 1. The highest BCUT2D eigenvalue weighted by molar-refractivity contribution is 5.49. The van der Waals surface area contributed by atoms with Crippen molar-refractivity contribution in [1.82, 2.24) is 15.1 Å². The summed E-state index contributed by atoms with van der Waals surface area (Å²) in [6, 6.07) is 3.68. The van der Waals surface area contributed by atoms with E-state index in [1.807, 2.05) is 19.1 Å². The average Bonchev–Trinajstić information content (AvgIpc) is 2.81. The van der Waals surface area contributed by atoms with Gasteiger partial charge in [-0.1, -0.05) is 5.16 Å². The molecule has 0 spiro atoms. The monoisotopic (exact) mass is 220 g/mol. The fourth-order valence-corrected chi connectivity index (χ4v) is 1.23. The number of aromatic nitrogens is 3. The standard InChI is InChI=1S/C10H12N4O2/c1-2-15-8-4-3-5-11-10(8)12-6-9-13-7-16-14-9/h3-5,7H,2,6H2,1H3,(H,11,12). The highest BCUT2D eigenvalue weighted by Gasteiger charge is 2.04. The minimum atomic E-state index is 0.452. The van der Waals surface area contributed by atoms with Crippen LogP contribution in [0.2, 0.25) is 0 Å². The lowest BCUT2D eigenvalue weighted by atomic mass is 10.4. The maximum atomic E-state index is 5.42. The number of pyridine rings is 1. The van der Waals surface area contributed by atoms with Crippen molar-refractivity contribution in [2.24, 2.45) is 0 Å². The third-order valence-electron chi connectivity index (χ3n) is 1.89. The lowest BCUT2D eigenvalue weighted by Gasteiger charge is -2.09. The third-order valence-corrected chi connectivity index (χ3v) is 1.89. The summed E-state index contributed by atoms with van der Waals surface area (Å²) in [6.45, 7) is 2.98. The highest BCUT2D eigenvalue weighted by atomic mass is 16.5. The molecule has 0 aliphatic carbocycles. The van der Waals surface area contributed by atoms with Crippen LogP contribution >= 0.6 is 0 Å². The molecule has 0 aliphatic heterocycles. The molecule has 0 aromatic carbocycles. The molecule has 0 fully saturated rings. The third kappa shape index (κ3) is 2.47. The van der Waals surface area contributed by atoms with Gasteiger partial charge in [-0.15, -0.1) is 0 Å². The lowest BCUT2D eigenvalue weighted by Crippen LogP contribution is -2.05. The Morgan fingerprint density at radius 2 is 2.38 bits per heavy atom. The summed E-state index contributed by atoms with van der Waals surface area (Å²) < 4.78 is 10.0.